The number of aromatic nitrogens is 1. The number of nitrogens with one attached hydrogen (secondary N) is 1. The molecular weight excluding hydrogens is 412 g/mol. The maximum absolute atomic E-state index is 13.8. The number of hydrogen-bond acceptors (Lipinski definition) is 5. The molecule has 0 saturated carbocycles. The quantitative estimate of drug-likeness (QED) is 0.630. The van der Waals surface area contributed by atoms with Gasteiger partial charge in [-0.1, -0.05) is 18.2 Å². The van der Waals surface area contributed by atoms with E-state index >= 15 is 0 Å². The van der Waals surface area contributed by atoms with E-state index in [9.17, 15) is 33.4 Å². The summed E-state index contributed by atoms with van der Waals surface area (Å²) < 4.78 is 28.1. The van der Waals surface area contributed by atoms with Crippen molar-refractivity contribution in [1.29, 1.82) is 0 Å². The Kier molecular flexibility index (Phi) is 5.10. The van der Waals surface area contributed by atoms with E-state index in [0.29, 0.717) is 6.07 Å². The van der Waals surface area contributed by atoms with Crippen LogP contribution in [0.15, 0.2) is 41.3 Å². The Bertz CT molecular complexity index is 1180. The van der Waals surface area contributed by atoms with E-state index in [0.717, 1.165) is 18.3 Å². The number of benzene rings is 1. The summed E-state index contributed by atoms with van der Waals surface area (Å²) in [6, 6.07) is 1.78. The number of carbonyl (C=O) groups is 2. The molecule has 8 nitrogen and oxygen atoms in total. The van der Waals surface area contributed by atoms with Gasteiger partial charge in [-0.15, -0.1) is 0 Å². The van der Waals surface area contributed by atoms with Gasteiger partial charge in [0, 0.05) is 37.0 Å². The average Bonchev–Trinajstić information content (AvgIpc) is 2.85. The highest BCUT2D eigenvalue weighted by Crippen LogP contribution is 2.32. The van der Waals surface area contributed by atoms with Gasteiger partial charge in [0.2, 0.25) is 5.43 Å². The first-order valence-corrected chi connectivity index (χ1v) is 9.56. The van der Waals surface area contributed by atoms with Crippen molar-refractivity contribution in [2.75, 3.05) is 6.54 Å². The molecule has 31 heavy (non-hydrogen) atoms. The molecule has 2 bridgehead atoms. The van der Waals surface area contributed by atoms with Crippen LogP contribution in [0.5, 0.6) is 5.75 Å². The number of carbonyl (C=O) groups excluding carboxylic acids is 2. The highest BCUT2D eigenvalue weighted by molar-refractivity contribution is 5.99. The molecule has 1 aromatic heterocycles. The van der Waals surface area contributed by atoms with Crippen molar-refractivity contribution in [2.24, 2.45) is 0 Å². The van der Waals surface area contributed by atoms with Crippen molar-refractivity contribution >= 4 is 11.8 Å². The van der Waals surface area contributed by atoms with Crippen LogP contribution in [0.4, 0.5) is 8.78 Å². The van der Waals surface area contributed by atoms with E-state index in [1.807, 2.05) is 0 Å². The van der Waals surface area contributed by atoms with Crippen molar-refractivity contribution < 1.29 is 28.6 Å². The third-order valence-electron chi connectivity index (χ3n) is 5.59. The fraction of sp³-hybridized carbons (Fsp3) is 0.286. The lowest BCUT2D eigenvalue weighted by Gasteiger charge is -2.38. The molecule has 0 aliphatic carbocycles. The highest BCUT2D eigenvalue weighted by atomic mass is 19.1. The Labute approximate surface area is 175 Å². The van der Waals surface area contributed by atoms with E-state index in [-0.39, 0.29) is 30.4 Å². The van der Waals surface area contributed by atoms with Crippen LogP contribution < -0.4 is 10.7 Å². The Morgan fingerprint density at radius 2 is 2.00 bits per heavy atom. The van der Waals surface area contributed by atoms with Crippen LogP contribution in [0.1, 0.15) is 39.4 Å². The number of fused-ring (bicyclic) bond motifs is 4. The van der Waals surface area contributed by atoms with Crippen molar-refractivity contribution in [1.82, 2.24) is 14.8 Å². The van der Waals surface area contributed by atoms with Gasteiger partial charge in [0.1, 0.15) is 17.2 Å². The van der Waals surface area contributed by atoms with Gasteiger partial charge in [0.15, 0.2) is 11.4 Å². The number of halogens is 2. The average molecular weight is 431 g/mol. The van der Waals surface area contributed by atoms with E-state index < -0.39 is 52.3 Å². The predicted octanol–water partition coefficient (Wildman–Crippen LogP) is 1.08. The predicted molar refractivity (Wildman–Crippen MR) is 105 cm³/mol. The van der Waals surface area contributed by atoms with Gasteiger partial charge in [-0.05, 0) is 13.0 Å². The summed E-state index contributed by atoms with van der Waals surface area (Å²) in [5.74, 6) is -4.05. The van der Waals surface area contributed by atoms with Gasteiger partial charge < -0.3 is 25.0 Å². The number of amides is 2. The molecule has 3 unspecified atom stereocenters. The van der Waals surface area contributed by atoms with Crippen LogP contribution >= 0.6 is 0 Å². The highest BCUT2D eigenvalue weighted by Gasteiger charge is 2.40. The van der Waals surface area contributed by atoms with Crippen molar-refractivity contribution in [3.63, 3.8) is 0 Å². The third-order valence-corrected chi connectivity index (χ3v) is 5.59. The zero-order chi connectivity index (χ0) is 22.4. The molecule has 2 amide bonds. The summed E-state index contributed by atoms with van der Waals surface area (Å²) in [6.45, 7) is 1.53. The zero-order valence-corrected chi connectivity index (χ0v) is 16.4. The number of aliphatic hydroxyl groups excluding tert-OH is 1. The first kappa shape index (κ1) is 20.7. The molecule has 3 atom stereocenters. The Hall–Kier alpha value is -3.53. The minimum absolute atomic E-state index is 0.00108. The monoisotopic (exact) mass is 431 g/mol. The summed E-state index contributed by atoms with van der Waals surface area (Å²) in [5, 5.41) is 23.3. The topological polar surface area (TPSA) is 112 Å². The maximum atomic E-state index is 13.8. The summed E-state index contributed by atoms with van der Waals surface area (Å²) in [7, 11) is 0. The fourth-order valence-electron chi connectivity index (χ4n) is 3.83. The summed E-state index contributed by atoms with van der Waals surface area (Å²) >= 11 is 0. The number of hydrogen-bond donors (Lipinski definition) is 3. The molecule has 2 aliphatic heterocycles. The van der Waals surface area contributed by atoms with E-state index in [1.54, 1.807) is 13.0 Å². The van der Waals surface area contributed by atoms with Gasteiger partial charge in [-0.3, -0.25) is 14.4 Å². The number of rotatable bonds is 3. The van der Waals surface area contributed by atoms with Crippen LogP contribution in [-0.2, 0) is 6.54 Å². The van der Waals surface area contributed by atoms with Gasteiger partial charge in [0.05, 0.1) is 12.1 Å². The summed E-state index contributed by atoms with van der Waals surface area (Å²) in [5.41, 5.74) is -1.84. The van der Waals surface area contributed by atoms with E-state index in [2.05, 4.69) is 5.32 Å². The van der Waals surface area contributed by atoms with Gasteiger partial charge >= 0.3 is 0 Å². The SMILES string of the molecule is CC1C=CC(O)C2CN1C(=O)c1c(O)c(=O)c(C(=O)NCc3ccc(F)cc3F)cn12. The normalized spacial score (nSPS) is 22.1. The Morgan fingerprint density at radius 1 is 1.26 bits per heavy atom. The molecule has 2 aliphatic rings. The largest absolute Gasteiger partial charge is 0.503 e. The Balaban J connectivity index is 1.70. The third kappa shape index (κ3) is 3.48. The number of pyridine rings is 1. The van der Waals surface area contributed by atoms with Crippen LogP contribution in [0.3, 0.4) is 0 Å². The number of nitrogens with zero attached hydrogens (tertiary/aromatic N) is 2. The van der Waals surface area contributed by atoms with Crippen molar-refractivity contribution in [2.45, 2.75) is 31.7 Å². The van der Waals surface area contributed by atoms with Crippen LogP contribution in [0, 0.1) is 11.6 Å². The summed E-state index contributed by atoms with van der Waals surface area (Å²) in [4.78, 5) is 39.5. The molecule has 3 N–H and O–H groups in total. The minimum Gasteiger partial charge on any atom is -0.503 e. The molecule has 4 rings (SSSR count). The van der Waals surface area contributed by atoms with Crippen LogP contribution in [0.2, 0.25) is 0 Å². The first-order valence-electron chi connectivity index (χ1n) is 9.56. The second-order valence-electron chi connectivity index (χ2n) is 7.54. The number of aromatic hydroxyl groups is 1. The van der Waals surface area contributed by atoms with Gasteiger partial charge in [0.25, 0.3) is 11.8 Å². The van der Waals surface area contributed by atoms with Crippen molar-refractivity contribution in [3.8, 4) is 5.75 Å². The molecule has 0 fully saturated rings. The van der Waals surface area contributed by atoms with Gasteiger partial charge in [-0.2, -0.15) is 0 Å². The molecular formula is C21H19F2N3O5. The molecule has 0 spiro atoms. The van der Waals surface area contributed by atoms with Crippen LogP contribution in [-0.4, -0.2) is 50.2 Å². The maximum Gasteiger partial charge on any atom is 0.275 e. The molecule has 10 heteroatoms. The fourth-order valence-corrected chi connectivity index (χ4v) is 3.83. The lowest BCUT2D eigenvalue weighted by Crippen LogP contribution is -2.49. The lowest BCUT2D eigenvalue weighted by atomic mass is 10.0. The van der Waals surface area contributed by atoms with Gasteiger partial charge in [-0.25, -0.2) is 8.78 Å². The van der Waals surface area contributed by atoms with Crippen LogP contribution in [0.25, 0.3) is 0 Å². The lowest BCUT2D eigenvalue weighted by molar-refractivity contribution is 0.0534. The van der Waals surface area contributed by atoms with E-state index in [4.69, 9.17) is 0 Å². The second kappa shape index (κ2) is 7.62. The second-order valence-corrected chi connectivity index (χ2v) is 7.54. The molecule has 1 aromatic carbocycles. The minimum atomic E-state index is -1.06. The molecule has 3 heterocycles. The molecule has 162 valence electrons. The summed E-state index contributed by atoms with van der Waals surface area (Å²) in [6.07, 6.45) is 3.25. The van der Waals surface area contributed by atoms with Crippen molar-refractivity contribution in [3.05, 3.63) is 75.2 Å². The molecule has 0 radical (unpaired) electrons. The standard InChI is InChI=1S/C21H19F2N3O5/c1-10-2-5-16(27)15-9-25(10)21(31)17-19(29)18(28)13(8-26(15)17)20(30)24-7-11-3-4-12(22)6-14(11)23/h2-6,8,10,15-16,27,29H,7,9H2,1H3,(H,24,30). The number of aliphatic hydroxyl groups is 1. The molecule has 2 aromatic rings. The van der Waals surface area contributed by atoms with E-state index in [1.165, 1.54) is 15.5 Å². The smallest absolute Gasteiger partial charge is 0.275 e. The Morgan fingerprint density at radius 3 is 2.71 bits per heavy atom. The molecule has 0 saturated heterocycles. The zero-order valence-electron chi connectivity index (χ0n) is 16.4. The first-order chi connectivity index (χ1) is 14.7.